The summed E-state index contributed by atoms with van der Waals surface area (Å²) in [5.41, 5.74) is 0.817. The summed E-state index contributed by atoms with van der Waals surface area (Å²) in [5.74, 6) is 0.171. The predicted octanol–water partition coefficient (Wildman–Crippen LogP) is 3.38. The van der Waals surface area contributed by atoms with E-state index in [2.05, 4.69) is 5.32 Å². The highest BCUT2D eigenvalue weighted by Gasteiger charge is 2.24. The summed E-state index contributed by atoms with van der Waals surface area (Å²) >= 11 is 0. The molecule has 0 saturated carbocycles. The van der Waals surface area contributed by atoms with Crippen molar-refractivity contribution in [2.24, 2.45) is 0 Å². The van der Waals surface area contributed by atoms with Gasteiger partial charge in [-0.25, -0.2) is 0 Å². The van der Waals surface area contributed by atoms with E-state index in [1.807, 2.05) is 0 Å². The zero-order valence-electron chi connectivity index (χ0n) is 16.1. The maximum absolute atomic E-state index is 12.7. The number of nitrogens with zero attached hydrogens (tertiary/aromatic N) is 2. The van der Waals surface area contributed by atoms with Crippen LogP contribution in [0.5, 0.6) is 11.5 Å². The molecule has 0 bridgehead atoms. The van der Waals surface area contributed by atoms with E-state index in [0.29, 0.717) is 30.1 Å². The van der Waals surface area contributed by atoms with E-state index in [-0.39, 0.29) is 22.9 Å². The third-order valence-electron chi connectivity index (χ3n) is 4.69. The van der Waals surface area contributed by atoms with Gasteiger partial charge in [0.1, 0.15) is 11.5 Å². The maximum atomic E-state index is 12.7. The van der Waals surface area contributed by atoms with Crippen LogP contribution in [0, 0.1) is 10.1 Å². The summed E-state index contributed by atoms with van der Waals surface area (Å²) < 4.78 is 10.5. The number of ether oxygens (including phenoxy) is 2. The fourth-order valence-corrected chi connectivity index (χ4v) is 3.22. The first-order valence-corrected chi connectivity index (χ1v) is 9.06. The Balaban J connectivity index is 1.91. The van der Waals surface area contributed by atoms with Gasteiger partial charge in [-0.15, -0.1) is 0 Å². The number of hydrogen-bond donors (Lipinski definition) is 1. The highest BCUT2D eigenvalue weighted by molar-refractivity contribution is 6.07. The first kappa shape index (κ1) is 20.1. The number of benzene rings is 2. The lowest BCUT2D eigenvalue weighted by molar-refractivity contribution is -0.384. The monoisotopic (exact) mass is 399 g/mol. The fourth-order valence-electron chi connectivity index (χ4n) is 3.22. The molecule has 2 aromatic carbocycles. The molecule has 9 heteroatoms. The standard InChI is InChI=1S/C20H21N3O6/c1-28-17-9-7-14(23(26)27)12-15(17)20(25)21-13-6-8-18(29-2)16(11-13)22-10-4-3-5-19(22)24/h6-9,11-12H,3-5,10H2,1-2H3,(H,21,25). The van der Waals surface area contributed by atoms with Gasteiger partial charge in [-0.3, -0.25) is 19.7 Å². The Bertz CT molecular complexity index is 959. The van der Waals surface area contributed by atoms with Crippen molar-refractivity contribution in [1.29, 1.82) is 0 Å². The summed E-state index contributed by atoms with van der Waals surface area (Å²) in [6.45, 7) is 0.575. The molecule has 0 atom stereocenters. The van der Waals surface area contributed by atoms with Gasteiger partial charge in [0.25, 0.3) is 11.6 Å². The smallest absolute Gasteiger partial charge is 0.270 e. The van der Waals surface area contributed by atoms with Crippen LogP contribution >= 0.6 is 0 Å². The highest BCUT2D eigenvalue weighted by Crippen LogP contribution is 2.34. The van der Waals surface area contributed by atoms with Gasteiger partial charge < -0.3 is 19.7 Å². The van der Waals surface area contributed by atoms with E-state index in [9.17, 15) is 19.7 Å². The molecule has 9 nitrogen and oxygen atoms in total. The van der Waals surface area contributed by atoms with Crippen LogP contribution in [0.15, 0.2) is 36.4 Å². The van der Waals surface area contributed by atoms with Crippen molar-refractivity contribution in [3.8, 4) is 11.5 Å². The van der Waals surface area contributed by atoms with Crippen LogP contribution in [0.1, 0.15) is 29.6 Å². The summed E-state index contributed by atoms with van der Waals surface area (Å²) in [6, 6.07) is 8.76. The lowest BCUT2D eigenvalue weighted by atomic mass is 10.1. The Hall–Kier alpha value is -3.62. The topological polar surface area (TPSA) is 111 Å². The number of piperidine rings is 1. The minimum atomic E-state index is -0.580. The molecule has 0 aliphatic carbocycles. The van der Waals surface area contributed by atoms with Crippen molar-refractivity contribution in [3.63, 3.8) is 0 Å². The molecule has 0 aromatic heterocycles. The number of hydrogen-bond acceptors (Lipinski definition) is 6. The quantitative estimate of drug-likeness (QED) is 0.589. The SMILES string of the molecule is COc1ccc([N+](=O)[O-])cc1C(=O)Nc1ccc(OC)c(N2CCCCC2=O)c1. The van der Waals surface area contributed by atoms with E-state index in [1.165, 1.54) is 26.4 Å². The Kier molecular flexibility index (Phi) is 5.96. The van der Waals surface area contributed by atoms with Gasteiger partial charge in [-0.2, -0.15) is 0 Å². The number of nitrogens with one attached hydrogen (secondary N) is 1. The molecule has 29 heavy (non-hydrogen) atoms. The van der Waals surface area contributed by atoms with Gasteiger partial charge >= 0.3 is 0 Å². The van der Waals surface area contributed by atoms with Gasteiger partial charge in [0.2, 0.25) is 5.91 Å². The van der Waals surface area contributed by atoms with Crippen LogP contribution in [-0.4, -0.2) is 37.5 Å². The van der Waals surface area contributed by atoms with Crippen molar-refractivity contribution in [1.82, 2.24) is 0 Å². The molecule has 2 aromatic rings. The number of methoxy groups -OCH3 is 2. The number of amides is 2. The second-order valence-corrected chi connectivity index (χ2v) is 6.48. The largest absolute Gasteiger partial charge is 0.496 e. The molecule has 2 amide bonds. The molecule has 0 unspecified atom stereocenters. The maximum Gasteiger partial charge on any atom is 0.270 e. The average molecular weight is 399 g/mol. The van der Waals surface area contributed by atoms with Crippen molar-refractivity contribution < 1.29 is 24.0 Å². The van der Waals surface area contributed by atoms with Crippen LogP contribution in [0.2, 0.25) is 0 Å². The zero-order chi connectivity index (χ0) is 21.0. The van der Waals surface area contributed by atoms with Crippen LogP contribution in [-0.2, 0) is 4.79 Å². The minimum absolute atomic E-state index is 0.00150. The van der Waals surface area contributed by atoms with E-state index < -0.39 is 10.8 Å². The van der Waals surface area contributed by atoms with Gasteiger partial charge in [-0.05, 0) is 37.1 Å². The number of nitro benzene ring substituents is 1. The van der Waals surface area contributed by atoms with Gasteiger partial charge in [0.05, 0.1) is 30.4 Å². The molecule has 0 radical (unpaired) electrons. The summed E-state index contributed by atoms with van der Waals surface area (Å²) in [7, 11) is 2.89. The lowest BCUT2D eigenvalue weighted by Gasteiger charge is -2.28. The van der Waals surface area contributed by atoms with Crippen molar-refractivity contribution in [2.75, 3.05) is 31.0 Å². The van der Waals surface area contributed by atoms with Crippen LogP contribution < -0.4 is 19.7 Å². The number of rotatable bonds is 6. The highest BCUT2D eigenvalue weighted by atomic mass is 16.6. The molecular formula is C20H21N3O6. The van der Waals surface area contributed by atoms with E-state index in [4.69, 9.17) is 9.47 Å². The van der Waals surface area contributed by atoms with Crippen molar-refractivity contribution >= 4 is 28.9 Å². The lowest BCUT2D eigenvalue weighted by Crippen LogP contribution is -2.35. The molecule has 3 rings (SSSR count). The second-order valence-electron chi connectivity index (χ2n) is 6.48. The predicted molar refractivity (Wildman–Crippen MR) is 107 cm³/mol. The Labute approximate surface area is 167 Å². The molecule has 1 heterocycles. The van der Waals surface area contributed by atoms with Gasteiger partial charge in [0, 0.05) is 30.8 Å². The number of anilines is 2. The molecule has 1 saturated heterocycles. The normalized spacial score (nSPS) is 13.7. The Morgan fingerprint density at radius 1 is 1.10 bits per heavy atom. The van der Waals surface area contributed by atoms with Gasteiger partial charge in [0.15, 0.2) is 0 Å². The summed E-state index contributed by atoms with van der Waals surface area (Å²) in [5, 5.41) is 13.7. The molecule has 1 N–H and O–H groups in total. The average Bonchev–Trinajstić information content (AvgIpc) is 2.73. The van der Waals surface area contributed by atoms with E-state index in [0.717, 1.165) is 18.9 Å². The molecular weight excluding hydrogens is 378 g/mol. The molecule has 1 aliphatic rings. The van der Waals surface area contributed by atoms with E-state index >= 15 is 0 Å². The van der Waals surface area contributed by atoms with Gasteiger partial charge in [-0.1, -0.05) is 0 Å². The number of nitro groups is 1. The molecule has 1 aliphatic heterocycles. The van der Waals surface area contributed by atoms with E-state index in [1.54, 1.807) is 23.1 Å². The number of carbonyl (C=O) groups is 2. The summed E-state index contributed by atoms with van der Waals surface area (Å²) in [4.78, 5) is 37.2. The Morgan fingerprint density at radius 3 is 2.48 bits per heavy atom. The van der Waals surface area contributed by atoms with Crippen molar-refractivity contribution in [2.45, 2.75) is 19.3 Å². The molecule has 152 valence electrons. The summed E-state index contributed by atoms with van der Waals surface area (Å²) in [6.07, 6.45) is 2.20. The zero-order valence-corrected chi connectivity index (χ0v) is 16.1. The number of carbonyl (C=O) groups excluding carboxylic acids is 2. The number of non-ortho nitro benzene ring substituents is 1. The van der Waals surface area contributed by atoms with Crippen LogP contribution in [0.3, 0.4) is 0 Å². The van der Waals surface area contributed by atoms with Crippen LogP contribution in [0.25, 0.3) is 0 Å². The fraction of sp³-hybridized carbons (Fsp3) is 0.300. The molecule has 1 fully saturated rings. The Morgan fingerprint density at radius 2 is 1.83 bits per heavy atom. The van der Waals surface area contributed by atoms with Crippen molar-refractivity contribution in [3.05, 3.63) is 52.1 Å². The third-order valence-corrected chi connectivity index (χ3v) is 4.69. The minimum Gasteiger partial charge on any atom is -0.496 e. The molecule has 0 spiro atoms. The first-order chi connectivity index (χ1) is 13.9. The van der Waals surface area contributed by atoms with Crippen LogP contribution in [0.4, 0.5) is 17.1 Å². The third kappa shape index (κ3) is 4.29. The second kappa shape index (κ2) is 8.59. The first-order valence-electron chi connectivity index (χ1n) is 9.06.